The number of phenols is 1. The number of benzene rings is 2. The van der Waals surface area contributed by atoms with Gasteiger partial charge in [-0.1, -0.05) is 38.1 Å². The summed E-state index contributed by atoms with van der Waals surface area (Å²) >= 11 is 0. The molecule has 2 rings (SSSR count). The van der Waals surface area contributed by atoms with Crippen LogP contribution >= 0.6 is 0 Å². The fourth-order valence-electron chi connectivity index (χ4n) is 1.80. The second-order valence-corrected chi connectivity index (χ2v) is 4.65. The Hall–Kier alpha value is -2.09. The Bertz CT molecular complexity index is 536. The normalized spacial score (nSPS) is 10.6. The maximum absolute atomic E-state index is 12.2. The first-order chi connectivity index (χ1) is 8.58. The standard InChI is InChI=1S/C16H16O2/c1-11(2)12-3-5-13(6-4-12)16(18)14-7-9-15(17)10-8-14/h3-11,17H,1-2H3. The van der Waals surface area contributed by atoms with Crippen LogP contribution in [0, 0.1) is 0 Å². The fraction of sp³-hybridized carbons (Fsp3) is 0.188. The van der Waals surface area contributed by atoms with Gasteiger partial charge in [-0.15, -0.1) is 0 Å². The lowest BCUT2D eigenvalue weighted by Crippen LogP contribution is -2.01. The molecule has 92 valence electrons. The van der Waals surface area contributed by atoms with E-state index in [-0.39, 0.29) is 11.5 Å². The van der Waals surface area contributed by atoms with Gasteiger partial charge in [0.05, 0.1) is 0 Å². The van der Waals surface area contributed by atoms with Crippen LogP contribution in [0.15, 0.2) is 48.5 Å². The molecular formula is C16H16O2. The average molecular weight is 240 g/mol. The summed E-state index contributed by atoms with van der Waals surface area (Å²) in [5, 5.41) is 9.20. The van der Waals surface area contributed by atoms with Crippen LogP contribution in [-0.2, 0) is 0 Å². The second kappa shape index (κ2) is 5.05. The van der Waals surface area contributed by atoms with Crippen LogP contribution in [0.5, 0.6) is 5.75 Å². The van der Waals surface area contributed by atoms with Crippen molar-refractivity contribution in [2.45, 2.75) is 19.8 Å². The monoisotopic (exact) mass is 240 g/mol. The Morgan fingerprint density at radius 1 is 0.889 bits per heavy atom. The van der Waals surface area contributed by atoms with Crippen LogP contribution in [0.1, 0.15) is 41.3 Å². The molecule has 2 aromatic rings. The van der Waals surface area contributed by atoms with Crippen molar-refractivity contribution in [3.05, 3.63) is 65.2 Å². The molecule has 0 heterocycles. The van der Waals surface area contributed by atoms with Gasteiger partial charge in [-0.05, 0) is 35.7 Å². The van der Waals surface area contributed by atoms with E-state index in [1.807, 2.05) is 24.3 Å². The number of carbonyl (C=O) groups excluding carboxylic acids is 1. The zero-order valence-corrected chi connectivity index (χ0v) is 10.6. The molecule has 2 heteroatoms. The minimum atomic E-state index is -0.0229. The molecule has 0 radical (unpaired) electrons. The molecule has 0 amide bonds. The molecule has 0 bridgehead atoms. The Morgan fingerprint density at radius 2 is 1.33 bits per heavy atom. The highest BCUT2D eigenvalue weighted by molar-refractivity contribution is 6.09. The van der Waals surface area contributed by atoms with Crippen LogP contribution < -0.4 is 0 Å². The van der Waals surface area contributed by atoms with Crippen molar-refractivity contribution < 1.29 is 9.90 Å². The summed E-state index contributed by atoms with van der Waals surface area (Å²) in [4.78, 5) is 12.2. The summed E-state index contributed by atoms with van der Waals surface area (Å²) in [7, 11) is 0. The van der Waals surface area contributed by atoms with Gasteiger partial charge in [0.25, 0.3) is 0 Å². The van der Waals surface area contributed by atoms with E-state index in [1.54, 1.807) is 12.1 Å². The molecule has 0 saturated heterocycles. The Labute approximate surface area is 107 Å². The minimum absolute atomic E-state index is 0.0229. The molecule has 0 unspecified atom stereocenters. The van der Waals surface area contributed by atoms with E-state index in [9.17, 15) is 9.90 Å². The lowest BCUT2D eigenvalue weighted by molar-refractivity contribution is 0.103. The number of phenolic OH excluding ortho intramolecular Hbond substituents is 1. The molecule has 0 saturated carbocycles. The van der Waals surface area contributed by atoms with Gasteiger partial charge in [0.1, 0.15) is 5.75 Å². The van der Waals surface area contributed by atoms with Gasteiger partial charge < -0.3 is 5.11 Å². The van der Waals surface area contributed by atoms with Crippen molar-refractivity contribution >= 4 is 5.78 Å². The van der Waals surface area contributed by atoms with E-state index in [0.29, 0.717) is 17.0 Å². The lowest BCUT2D eigenvalue weighted by atomic mass is 9.98. The summed E-state index contributed by atoms with van der Waals surface area (Å²) in [6.45, 7) is 4.24. The minimum Gasteiger partial charge on any atom is -0.508 e. The average Bonchev–Trinajstić information content (AvgIpc) is 2.39. The molecule has 18 heavy (non-hydrogen) atoms. The third kappa shape index (κ3) is 2.59. The maximum atomic E-state index is 12.2. The van der Waals surface area contributed by atoms with Crippen molar-refractivity contribution in [3.8, 4) is 5.75 Å². The molecule has 0 aromatic heterocycles. The number of ketones is 1. The van der Waals surface area contributed by atoms with E-state index in [0.717, 1.165) is 0 Å². The molecule has 0 aliphatic heterocycles. The zero-order chi connectivity index (χ0) is 13.1. The number of rotatable bonds is 3. The molecule has 2 aromatic carbocycles. The quantitative estimate of drug-likeness (QED) is 0.830. The van der Waals surface area contributed by atoms with Gasteiger partial charge >= 0.3 is 0 Å². The summed E-state index contributed by atoms with van der Waals surface area (Å²) in [5.41, 5.74) is 2.48. The molecule has 0 aliphatic rings. The molecule has 0 fully saturated rings. The second-order valence-electron chi connectivity index (χ2n) is 4.65. The smallest absolute Gasteiger partial charge is 0.193 e. The van der Waals surface area contributed by atoms with Crippen LogP contribution in [0.2, 0.25) is 0 Å². The first-order valence-electron chi connectivity index (χ1n) is 6.01. The van der Waals surface area contributed by atoms with Gasteiger partial charge in [0.15, 0.2) is 5.78 Å². The number of aromatic hydroxyl groups is 1. The van der Waals surface area contributed by atoms with Crippen molar-refractivity contribution in [1.29, 1.82) is 0 Å². The number of carbonyl (C=O) groups is 1. The molecule has 1 N–H and O–H groups in total. The predicted octanol–water partition coefficient (Wildman–Crippen LogP) is 3.75. The highest BCUT2D eigenvalue weighted by Crippen LogP contribution is 2.18. The number of hydrogen-bond donors (Lipinski definition) is 1. The van der Waals surface area contributed by atoms with E-state index in [2.05, 4.69) is 13.8 Å². The molecular weight excluding hydrogens is 224 g/mol. The summed E-state index contributed by atoms with van der Waals surface area (Å²) in [6, 6.07) is 14.0. The van der Waals surface area contributed by atoms with Crippen molar-refractivity contribution in [2.75, 3.05) is 0 Å². The van der Waals surface area contributed by atoms with Gasteiger partial charge in [-0.2, -0.15) is 0 Å². The molecule has 0 spiro atoms. The fourth-order valence-corrected chi connectivity index (χ4v) is 1.80. The van der Waals surface area contributed by atoms with E-state index < -0.39 is 0 Å². The van der Waals surface area contributed by atoms with Crippen molar-refractivity contribution in [2.24, 2.45) is 0 Å². The van der Waals surface area contributed by atoms with Crippen molar-refractivity contribution in [1.82, 2.24) is 0 Å². The Morgan fingerprint density at radius 3 is 1.78 bits per heavy atom. The largest absolute Gasteiger partial charge is 0.508 e. The maximum Gasteiger partial charge on any atom is 0.193 e. The number of hydrogen-bond acceptors (Lipinski definition) is 2. The van der Waals surface area contributed by atoms with Gasteiger partial charge in [0, 0.05) is 11.1 Å². The van der Waals surface area contributed by atoms with Crippen LogP contribution in [0.3, 0.4) is 0 Å². The third-order valence-corrected chi connectivity index (χ3v) is 2.97. The topological polar surface area (TPSA) is 37.3 Å². The molecule has 0 atom stereocenters. The summed E-state index contributed by atoms with van der Waals surface area (Å²) in [5.74, 6) is 0.606. The van der Waals surface area contributed by atoms with Crippen LogP contribution in [-0.4, -0.2) is 10.9 Å². The van der Waals surface area contributed by atoms with E-state index in [4.69, 9.17) is 0 Å². The summed E-state index contributed by atoms with van der Waals surface area (Å²) < 4.78 is 0. The predicted molar refractivity (Wildman–Crippen MR) is 72.1 cm³/mol. The zero-order valence-electron chi connectivity index (χ0n) is 10.6. The van der Waals surface area contributed by atoms with E-state index >= 15 is 0 Å². The lowest BCUT2D eigenvalue weighted by Gasteiger charge is -2.06. The molecule has 0 aliphatic carbocycles. The van der Waals surface area contributed by atoms with Gasteiger partial charge in [-0.25, -0.2) is 0 Å². The SMILES string of the molecule is CC(C)c1ccc(C(=O)c2ccc(O)cc2)cc1. The van der Waals surface area contributed by atoms with Gasteiger partial charge in [-0.3, -0.25) is 4.79 Å². The van der Waals surface area contributed by atoms with Gasteiger partial charge in [0.2, 0.25) is 0 Å². The highest BCUT2D eigenvalue weighted by atomic mass is 16.3. The van der Waals surface area contributed by atoms with E-state index in [1.165, 1.54) is 17.7 Å². The van der Waals surface area contributed by atoms with Crippen molar-refractivity contribution in [3.63, 3.8) is 0 Å². The summed E-state index contributed by atoms with van der Waals surface area (Å²) in [6.07, 6.45) is 0. The Kier molecular flexibility index (Phi) is 3.47. The first kappa shape index (κ1) is 12.4. The van der Waals surface area contributed by atoms with Crippen LogP contribution in [0.4, 0.5) is 0 Å². The Balaban J connectivity index is 2.26. The van der Waals surface area contributed by atoms with Crippen LogP contribution in [0.25, 0.3) is 0 Å². The molecule has 2 nitrogen and oxygen atoms in total. The first-order valence-corrected chi connectivity index (χ1v) is 6.01. The third-order valence-electron chi connectivity index (χ3n) is 2.97. The highest BCUT2D eigenvalue weighted by Gasteiger charge is 2.09.